The quantitative estimate of drug-likeness (QED) is 0.620. The van der Waals surface area contributed by atoms with Crippen LogP contribution in [0.15, 0.2) is 11.2 Å². The van der Waals surface area contributed by atoms with Gasteiger partial charge in [-0.2, -0.15) is 0 Å². The summed E-state index contributed by atoms with van der Waals surface area (Å²) in [5, 5.41) is 12.1. The maximum Gasteiger partial charge on any atom is 0.281 e. The predicted octanol–water partition coefficient (Wildman–Crippen LogP) is 0.336. The molecule has 1 aliphatic rings. The molecular weight excluding hydrogens is 246 g/mol. The van der Waals surface area contributed by atoms with Gasteiger partial charge >= 0.3 is 0 Å². The number of thiazole rings is 1. The predicted molar refractivity (Wildman–Crippen MR) is 60.8 cm³/mol. The highest BCUT2D eigenvalue weighted by molar-refractivity contribution is 7.11. The van der Waals surface area contributed by atoms with E-state index in [4.69, 9.17) is 4.84 Å². The molecule has 1 aromatic heterocycles. The average Bonchev–Trinajstić information content (AvgIpc) is 2.66. The molecule has 1 aliphatic heterocycles. The molecule has 9 heteroatoms. The van der Waals surface area contributed by atoms with E-state index in [2.05, 4.69) is 9.98 Å². The number of nitrogens with one attached hydrogen (secondary N) is 1. The van der Waals surface area contributed by atoms with Gasteiger partial charge in [-0.05, 0) is 6.92 Å². The molecule has 1 N–H and O–H groups in total. The first-order valence-electron chi connectivity index (χ1n) is 4.92. The molecular formula is C8H11N5O3S. The smallest absolute Gasteiger partial charge is 0.268 e. The van der Waals surface area contributed by atoms with Gasteiger partial charge in [0.05, 0.1) is 24.7 Å². The Labute approximate surface area is 101 Å². The summed E-state index contributed by atoms with van der Waals surface area (Å²) in [4.78, 5) is 24.8. The van der Waals surface area contributed by atoms with E-state index in [-0.39, 0.29) is 5.96 Å². The molecule has 8 nitrogen and oxygen atoms in total. The second-order valence-electron chi connectivity index (χ2n) is 3.29. The van der Waals surface area contributed by atoms with Crippen LogP contribution in [-0.4, -0.2) is 34.2 Å². The van der Waals surface area contributed by atoms with Crippen molar-refractivity contribution in [2.45, 2.75) is 13.5 Å². The zero-order chi connectivity index (χ0) is 12.3. The van der Waals surface area contributed by atoms with Crippen LogP contribution >= 0.6 is 11.3 Å². The van der Waals surface area contributed by atoms with Gasteiger partial charge in [-0.15, -0.1) is 11.3 Å². The first-order chi connectivity index (χ1) is 8.15. The third kappa shape index (κ3) is 3.11. The minimum absolute atomic E-state index is 0.118. The number of aromatic nitrogens is 1. The van der Waals surface area contributed by atoms with E-state index < -0.39 is 5.03 Å². The van der Waals surface area contributed by atoms with Crippen LogP contribution in [0.1, 0.15) is 9.88 Å². The van der Waals surface area contributed by atoms with E-state index in [9.17, 15) is 10.1 Å². The summed E-state index contributed by atoms with van der Waals surface area (Å²) in [6.07, 6.45) is 1.72. The standard InChI is InChI=1S/C8H11N5O3S/c1-6-10-4-7(17-6)5-12-8(11-13(14)15)9-2-3-16-12/h4H,2-3,5H2,1H3,(H,9,11). The number of aliphatic imine (C=N–C) groups is 1. The van der Waals surface area contributed by atoms with Gasteiger partial charge in [0.1, 0.15) is 0 Å². The normalized spacial score (nSPS) is 15.6. The van der Waals surface area contributed by atoms with Gasteiger partial charge in [0.15, 0.2) is 5.03 Å². The van der Waals surface area contributed by atoms with E-state index in [0.717, 1.165) is 9.88 Å². The summed E-state index contributed by atoms with van der Waals surface area (Å²) < 4.78 is 0. The van der Waals surface area contributed by atoms with Crippen LogP contribution in [0.5, 0.6) is 0 Å². The van der Waals surface area contributed by atoms with E-state index in [0.29, 0.717) is 19.7 Å². The number of rotatable bonds is 3. The summed E-state index contributed by atoms with van der Waals surface area (Å²) in [5.41, 5.74) is 2.02. The molecule has 0 saturated carbocycles. The molecule has 0 spiro atoms. The molecule has 0 atom stereocenters. The summed E-state index contributed by atoms with van der Waals surface area (Å²) in [6.45, 7) is 3.12. The SMILES string of the molecule is Cc1ncc(CN2OCCN=C2N[N+](=O)[O-])s1. The minimum Gasteiger partial charge on any atom is -0.268 e. The first kappa shape index (κ1) is 11.7. The summed E-state index contributed by atoms with van der Waals surface area (Å²) >= 11 is 1.52. The zero-order valence-corrected chi connectivity index (χ0v) is 9.94. The van der Waals surface area contributed by atoms with Crippen LogP contribution in [0, 0.1) is 17.0 Å². The summed E-state index contributed by atoms with van der Waals surface area (Å²) in [7, 11) is 0. The second-order valence-corrected chi connectivity index (χ2v) is 4.61. The molecule has 0 radical (unpaired) electrons. The summed E-state index contributed by atoms with van der Waals surface area (Å²) in [6, 6.07) is 0. The largest absolute Gasteiger partial charge is 0.281 e. The van der Waals surface area contributed by atoms with Crippen molar-refractivity contribution in [3.05, 3.63) is 26.2 Å². The van der Waals surface area contributed by atoms with Crippen LogP contribution in [0.3, 0.4) is 0 Å². The van der Waals surface area contributed by atoms with Gasteiger partial charge < -0.3 is 0 Å². The molecule has 0 aromatic carbocycles. The minimum atomic E-state index is -0.654. The van der Waals surface area contributed by atoms with Crippen molar-refractivity contribution >= 4 is 17.3 Å². The molecule has 1 aromatic rings. The van der Waals surface area contributed by atoms with Crippen molar-refractivity contribution in [3.8, 4) is 0 Å². The van der Waals surface area contributed by atoms with Crippen LogP contribution in [0.25, 0.3) is 0 Å². The van der Waals surface area contributed by atoms with E-state index in [1.807, 2.05) is 12.3 Å². The fourth-order valence-electron chi connectivity index (χ4n) is 1.36. The Morgan fingerprint density at radius 1 is 1.76 bits per heavy atom. The topological polar surface area (TPSA) is 92.9 Å². The Morgan fingerprint density at radius 3 is 3.24 bits per heavy atom. The number of hydrogen-bond acceptors (Lipinski definition) is 7. The number of aryl methyl sites for hydroxylation is 1. The molecule has 2 heterocycles. The monoisotopic (exact) mass is 257 g/mol. The molecule has 92 valence electrons. The van der Waals surface area contributed by atoms with E-state index >= 15 is 0 Å². The molecule has 0 amide bonds. The molecule has 2 rings (SSSR count). The zero-order valence-electron chi connectivity index (χ0n) is 9.12. The molecule has 0 fully saturated rings. The van der Waals surface area contributed by atoms with Crippen molar-refractivity contribution in [1.82, 2.24) is 15.5 Å². The lowest BCUT2D eigenvalue weighted by Gasteiger charge is -2.25. The third-order valence-corrected chi connectivity index (χ3v) is 2.89. The highest BCUT2D eigenvalue weighted by Gasteiger charge is 2.21. The lowest BCUT2D eigenvalue weighted by Crippen LogP contribution is -2.46. The number of hydroxylamine groups is 2. The molecule has 0 unspecified atom stereocenters. The number of nitro groups is 1. The summed E-state index contributed by atoms with van der Waals surface area (Å²) in [5.74, 6) is 0.118. The van der Waals surface area contributed by atoms with Gasteiger partial charge in [0.2, 0.25) is 0 Å². The lowest BCUT2D eigenvalue weighted by atomic mass is 10.5. The van der Waals surface area contributed by atoms with Crippen molar-refractivity contribution in [2.75, 3.05) is 13.2 Å². The van der Waals surface area contributed by atoms with Gasteiger partial charge in [0, 0.05) is 11.1 Å². The molecule has 0 saturated heterocycles. The number of guanidine groups is 1. The maximum absolute atomic E-state index is 10.4. The van der Waals surface area contributed by atoms with Gasteiger partial charge in [-0.3, -0.25) is 4.84 Å². The lowest BCUT2D eigenvalue weighted by molar-refractivity contribution is -0.528. The molecule has 0 bridgehead atoms. The van der Waals surface area contributed by atoms with Gasteiger partial charge in [-0.25, -0.2) is 25.2 Å². The van der Waals surface area contributed by atoms with Crippen LogP contribution in [-0.2, 0) is 11.4 Å². The molecule has 0 aliphatic carbocycles. The molecule has 17 heavy (non-hydrogen) atoms. The van der Waals surface area contributed by atoms with Gasteiger partial charge in [-0.1, -0.05) is 5.43 Å². The Hall–Kier alpha value is -1.74. The number of hydrogen-bond donors (Lipinski definition) is 1. The van der Waals surface area contributed by atoms with E-state index in [1.165, 1.54) is 16.4 Å². The van der Waals surface area contributed by atoms with Crippen molar-refractivity contribution in [3.63, 3.8) is 0 Å². The van der Waals surface area contributed by atoms with Gasteiger partial charge in [0.25, 0.3) is 5.96 Å². The Balaban J connectivity index is 2.05. The van der Waals surface area contributed by atoms with Crippen molar-refractivity contribution in [2.24, 2.45) is 4.99 Å². The maximum atomic E-state index is 10.4. The van der Waals surface area contributed by atoms with Crippen molar-refractivity contribution < 1.29 is 9.87 Å². The fourth-order valence-corrected chi connectivity index (χ4v) is 2.13. The van der Waals surface area contributed by atoms with E-state index in [1.54, 1.807) is 6.20 Å². The number of hydrazine groups is 1. The Kier molecular flexibility index (Phi) is 3.49. The second kappa shape index (κ2) is 5.06. The number of nitrogens with zero attached hydrogens (tertiary/aromatic N) is 4. The third-order valence-electron chi connectivity index (χ3n) is 2.00. The van der Waals surface area contributed by atoms with Crippen LogP contribution < -0.4 is 5.43 Å². The van der Waals surface area contributed by atoms with Crippen molar-refractivity contribution in [1.29, 1.82) is 0 Å². The average molecular weight is 257 g/mol. The first-order valence-corrected chi connectivity index (χ1v) is 5.74. The highest BCUT2D eigenvalue weighted by Crippen LogP contribution is 2.15. The van der Waals surface area contributed by atoms with Crippen LogP contribution in [0.4, 0.5) is 0 Å². The Bertz CT molecular complexity index is 446. The highest BCUT2D eigenvalue weighted by atomic mass is 32.1. The fraction of sp³-hybridized carbons (Fsp3) is 0.500. The van der Waals surface area contributed by atoms with Crippen LogP contribution in [0.2, 0.25) is 0 Å². The Morgan fingerprint density at radius 2 is 2.59 bits per heavy atom.